The second kappa shape index (κ2) is 5.38. The molecular formula is C15H13N3OS. The van der Waals surface area contributed by atoms with Gasteiger partial charge in [0.05, 0.1) is 16.6 Å². The molecule has 100 valence electrons. The Morgan fingerprint density at radius 3 is 3.05 bits per heavy atom. The monoisotopic (exact) mass is 283 g/mol. The van der Waals surface area contributed by atoms with Crippen LogP contribution in [0.1, 0.15) is 11.1 Å². The summed E-state index contributed by atoms with van der Waals surface area (Å²) >= 11 is 1.49. The number of carbonyl (C=O) groups excluding carboxylic acids is 1. The zero-order valence-electron chi connectivity index (χ0n) is 11.0. The number of benzene rings is 1. The molecule has 4 nitrogen and oxygen atoms in total. The fraction of sp³-hybridized carbons (Fsp3) is 0.133. The highest BCUT2D eigenvalue weighted by molar-refractivity contribution is 7.22. The van der Waals surface area contributed by atoms with E-state index in [0.717, 1.165) is 15.8 Å². The van der Waals surface area contributed by atoms with Gasteiger partial charge in [-0.15, -0.1) is 0 Å². The third-order valence-electron chi connectivity index (χ3n) is 2.88. The van der Waals surface area contributed by atoms with E-state index in [1.54, 1.807) is 12.4 Å². The number of aromatic nitrogens is 2. The molecule has 1 amide bonds. The van der Waals surface area contributed by atoms with Crippen molar-refractivity contribution in [1.82, 2.24) is 9.97 Å². The van der Waals surface area contributed by atoms with Crippen LogP contribution in [0.4, 0.5) is 5.13 Å². The third-order valence-corrected chi connectivity index (χ3v) is 3.81. The van der Waals surface area contributed by atoms with Gasteiger partial charge in [0, 0.05) is 12.4 Å². The van der Waals surface area contributed by atoms with Crippen molar-refractivity contribution in [1.29, 1.82) is 0 Å². The first kappa shape index (κ1) is 12.7. The van der Waals surface area contributed by atoms with E-state index in [2.05, 4.69) is 21.4 Å². The van der Waals surface area contributed by atoms with Crippen molar-refractivity contribution in [3.63, 3.8) is 0 Å². The minimum absolute atomic E-state index is 0.0752. The van der Waals surface area contributed by atoms with Gasteiger partial charge in [-0.25, -0.2) is 4.98 Å². The normalized spacial score (nSPS) is 10.7. The summed E-state index contributed by atoms with van der Waals surface area (Å²) in [5.41, 5.74) is 2.99. The van der Waals surface area contributed by atoms with Crippen molar-refractivity contribution in [2.24, 2.45) is 0 Å². The Balaban J connectivity index is 1.74. The summed E-state index contributed by atoms with van der Waals surface area (Å²) in [7, 11) is 0. The molecule has 0 aliphatic rings. The fourth-order valence-electron chi connectivity index (χ4n) is 1.94. The second-order valence-electron chi connectivity index (χ2n) is 4.58. The fourth-order valence-corrected chi connectivity index (χ4v) is 2.92. The van der Waals surface area contributed by atoms with E-state index >= 15 is 0 Å². The van der Waals surface area contributed by atoms with E-state index in [1.807, 2.05) is 31.2 Å². The van der Waals surface area contributed by atoms with E-state index in [4.69, 9.17) is 0 Å². The first-order chi connectivity index (χ1) is 9.70. The molecule has 2 heterocycles. The lowest BCUT2D eigenvalue weighted by molar-refractivity contribution is -0.115. The van der Waals surface area contributed by atoms with Crippen LogP contribution in [-0.4, -0.2) is 15.9 Å². The summed E-state index contributed by atoms with van der Waals surface area (Å²) in [5, 5.41) is 3.48. The molecule has 0 aliphatic carbocycles. The molecule has 1 aromatic carbocycles. The Kier molecular flexibility index (Phi) is 3.43. The average Bonchev–Trinajstić information content (AvgIpc) is 2.80. The number of carbonyl (C=O) groups is 1. The van der Waals surface area contributed by atoms with Crippen LogP contribution in [0, 0.1) is 6.92 Å². The highest BCUT2D eigenvalue weighted by Gasteiger charge is 2.08. The van der Waals surface area contributed by atoms with Gasteiger partial charge in [-0.1, -0.05) is 23.5 Å². The summed E-state index contributed by atoms with van der Waals surface area (Å²) in [6.45, 7) is 2.04. The van der Waals surface area contributed by atoms with Crippen molar-refractivity contribution >= 4 is 32.6 Å². The molecule has 20 heavy (non-hydrogen) atoms. The third kappa shape index (κ3) is 2.83. The molecule has 0 atom stereocenters. The van der Waals surface area contributed by atoms with Crippen molar-refractivity contribution in [3.8, 4) is 0 Å². The molecule has 0 aliphatic heterocycles. The van der Waals surface area contributed by atoms with Crippen LogP contribution in [0.5, 0.6) is 0 Å². The van der Waals surface area contributed by atoms with Crippen LogP contribution >= 0.6 is 11.3 Å². The molecule has 0 saturated heterocycles. The number of anilines is 1. The first-order valence-corrected chi connectivity index (χ1v) is 7.08. The lowest BCUT2D eigenvalue weighted by Gasteiger charge is -2.00. The zero-order valence-corrected chi connectivity index (χ0v) is 11.8. The number of aryl methyl sites for hydroxylation is 1. The maximum absolute atomic E-state index is 12.0. The smallest absolute Gasteiger partial charge is 0.230 e. The van der Waals surface area contributed by atoms with Crippen molar-refractivity contribution in [2.45, 2.75) is 13.3 Å². The number of rotatable bonds is 3. The predicted octanol–water partition coefficient (Wildman–Crippen LogP) is 3.18. The van der Waals surface area contributed by atoms with Crippen LogP contribution in [0.2, 0.25) is 0 Å². The van der Waals surface area contributed by atoms with Crippen LogP contribution in [0.15, 0.2) is 42.7 Å². The van der Waals surface area contributed by atoms with E-state index < -0.39 is 0 Å². The molecule has 0 saturated carbocycles. The number of nitrogens with one attached hydrogen (secondary N) is 1. The molecule has 0 fully saturated rings. The van der Waals surface area contributed by atoms with Crippen LogP contribution in [-0.2, 0) is 11.2 Å². The highest BCUT2D eigenvalue weighted by atomic mass is 32.1. The number of fused-ring (bicyclic) bond motifs is 1. The van der Waals surface area contributed by atoms with Crippen LogP contribution in [0.3, 0.4) is 0 Å². The number of pyridine rings is 1. The van der Waals surface area contributed by atoms with Gasteiger partial charge in [0.2, 0.25) is 5.91 Å². The summed E-state index contributed by atoms with van der Waals surface area (Å²) in [6, 6.07) is 9.77. The van der Waals surface area contributed by atoms with E-state index in [9.17, 15) is 4.79 Å². The molecule has 5 heteroatoms. The second-order valence-corrected chi connectivity index (χ2v) is 5.61. The van der Waals surface area contributed by atoms with E-state index in [0.29, 0.717) is 11.6 Å². The van der Waals surface area contributed by atoms with Crippen molar-refractivity contribution < 1.29 is 4.79 Å². The Hall–Kier alpha value is -2.27. The van der Waals surface area contributed by atoms with E-state index in [1.165, 1.54) is 16.9 Å². The van der Waals surface area contributed by atoms with E-state index in [-0.39, 0.29) is 5.91 Å². The van der Waals surface area contributed by atoms with Crippen LogP contribution in [0.25, 0.3) is 10.2 Å². The molecule has 0 unspecified atom stereocenters. The van der Waals surface area contributed by atoms with Gasteiger partial charge in [-0.05, 0) is 36.2 Å². The van der Waals surface area contributed by atoms with Gasteiger partial charge in [-0.3, -0.25) is 9.78 Å². The first-order valence-electron chi connectivity index (χ1n) is 6.27. The maximum Gasteiger partial charge on any atom is 0.230 e. The average molecular weight is 283 g/mol. The molecular weight excluding hydrogens is 270 g/mol. The topological polar surface area (TPSA) is 54.9 Å². The quantitative estimate of drug-likeness (QED) is 0.803. The Morgan fingerprint density at radius 1 is 1.35 bits per heavy atom. The van der Waals surface area contributed by atoms with Crippen molar-refractivity contribution in [2.75, 3.05) is 5.32 Å². The Bertz CT molecular complexity index is 752. The van der Waals surface area contributed by atoms with Gasteiger partial charge in [0.25, 0.3) is 0 Å². The van der Waals surface area contributed by atoms with Gasteiger partial charge in [-0.2, -0.15) is 0 Å². The minimum atomic E-state index is -0.0752. The van der Waals surface area contributed by atoms with Gasteiger partial charge >= 0.3 is 0 Å². The summed E-state index contributed by atoms with van der Waals surface area (Å²) in [6.07, 6.45) is 3.70. The number of hydrogen-bond donors (Lipinski definition) is 1. The largest absolute Gasteiger partial charge is 0.302 e. The standard InChI is InChI=1S/C15H13N3OS/c1-10-4-5-12-13(7-10)20-15(17-12)18-14(19)8-11-3-2-6-16-9-11/h2-7,9H,8H2,1H3,(H,17,18,19). The summed E-state index contributed by atoms with van der Waals surface area (Å²) in [5.74, 6) is -0.0752. The molecule has 0 radical (unpaired) electrons. The lowest BCUT2D eigenvalue weighted by Crippen LogP contribution is -2.14. The minimum Gasteiger partial charge on any atom is -0.302 e. The summed E-state index contributed by atoms with van der Waals surface area (Å²) in [4.78, 5) is 20.4. The summed E-state index contributed by atoms with van der Waals surface area (Å²) < 4.78 is 1.08. The van der Waals surface area contributed by atoms with Gasteiger partial charge in [0.1, 0.15) is 0 Å². The lowest BCUT2D eigenvalue weighted by atomic mass is 10.2. The van der Waals surface area contributed by atoms with Crippen molar-refractivity contribution in [3.05, 3.63) is 53.9 Å². The Labute approximate surface area is 120 Å². The number of amides is 1. The van der Waals surface area contributed by atoms with Crippen LogP contribution < -0.4 is 5.32 Å². The molecule has 3 rings (SSSR count). The maximum atomic E-state index is 12.0. The SMILES string of the molecule is Cc1ccc2nc(NC(=O)Cc3cccnc3)sc2c1. The molecule has 0 bridgehead atoms. The number of thiazole rings is 1. The van der Waals surface area contributed by atoms with Gasteiger partial charge in [0.15, 0.2) is 5.13 Å². The molecule has 3 aromatic rings. The predicted molar refractivity (Wildman–Crippen MR) is 80.9 cm³/mol. The molecule has 2 aromatic heterocycles. The zero-order chi connectivity index (χ0) is 13.9. The van der Waals surface area contributed by atoms with Gasteiger partial charge < -0.3 is 5.32 Å². The number of nitrogens with zero attached hydrogens (tertiary/aromatic N) is 2. The highest BCUT2D eigenvalue weighted by Crippen LogP contribution is 2.26. The number of hydrogen-bond acceptors (Lipinski definition) is 4. The molecule has 0 spiro atoms. The molecule has 1 N–H and O–H groups in total. The Morgan fingerprint density at radius 2 is 2.25 bits per heavy atom.